The molecule has 0 bridgehead atoms. The third kappa shape index (κ3) is 3.66. The third-order valence-corrected chi connectivity index (χ3v) is 5.46. The molecule has 3 aromatic rings. The first-order chi connectivity index (χ1) is 14.1. The molecule has 3 aromatic carbocycles. The van der Waals surface area contributed by atoms with Gasteiger partial charge in [-0.25, -0.2) is 4.79 Å². The van der Waals surface area contributed by atoms with Crippen molar-refractivity contribution in [3.63, 3.8) is 0 Å². The molecule has 0 saturated heterocycles. The Labute approximate surface area is 170 Å². The van der Waals surface area contributed by atoms with Crippen molar-refractivity contribution in [1.82, 2.24) is 5.32 Å². The number of fused-ring (bicyclic) bond motifs is 3. The summed E-state index contributed by atoms with van der Waals surface area (Å²) in [7, 11) is 1.34. The molecule has 29 heavy (non-hydrogen) atoms. The number of carbonyl (C=O) groups is 2. The van der Waals surface area contributed by atoms with Crippen LogP contribution in [-0.4, -0.2) is 25.0 Å². The highest BCUT2D eigenvalue weighted by Gasteiger charge is 2.35. The van der Waals surface area contributed by atoms with Crippen LogP contribution in [0.25, 0.3) is 11.1 Å². The maximum absolute atomic E-state index is 13.3. The molecule has 1 amide bonds. The minimum absolute atomic E-state index is 0.190. The van der Waals surface area contributed by atoms with Gasteiger partial charge in [0.25, 0.3) is 0 Å². The lowest BCUT2D eigenvalue weighted by Crippen LogP contribution is -2.45. The number of nitrogens with one attached hydrogen (secondary N) is 1. The first-order valence-corrected chi connectivity index (χ1v) is 9.70. The molecule has 0 heterocycles. The van der Waals surface area contributed by atoms with Crippen LogP contribution in [-0.2, 0) is 20.7 Å². The number of benzene rings is 3. The van der Waals surface area contributed by atoms with E-state index in [0.29, 0.717) is 6.42 Å². The summed E-state index contributed by atoms with van der Waals surface area (Å²) in [5.41, 5.74) is 6.17. The van der Waals surface area contributed by atoms with Gasteiger partial charge in [0, 0.05) is 6.42 Å². The van der Waals surface area contributed by atoms with E-state index in [9.17, 15) is 9.59 Å². The number of esters is 1. The largest absolute Gasteiger partial charge is 0.467 e. The van der Waals surface area contributed by atoms with Crippen LogP contribution in [0.3, 0.4) is 0 Å². The van der Waals surface area contributed by atoms with Gasteiger partial charge in [-0.3, -0.25) is 4.79 Å². The summed E-state index contributed by atoms with van der Waals surface area (Å²) in [5.74, 6) is -1.07. The topological polar surface area (TPSA) is 55.4 Å². The van der Waals surface area contributed by atoms with E-state index in [0.717, 1.165) is 33.4 Å². The van der Waals surface area contributed by atoms with Gasteiger partial charge in [-0.1, -0.05) is 78.4 Å². The smallest absolute Gasteiger partial charge is 0.328 e. The fourth-order valence-corrected chi connectivity index (χ4v) is 3.99. The molecule has 146 valence electrons. The monoisotopic (exact) mass is 385 g/mol. The SMILES string of the molecule is COC(=O)[C@H](Cc1ccc(C)cc1)NC(=O)C1c2ccccc2-c2ccccc21. The minimum atomic E-state index is -0.741. The summed E-state index contributed by atoms with van der Waals surface area (Å²) in [6, 6.07) is 23.0. The zero-order chi connectivity index (χ0) is 20.4. The van der Waals surface area contributed by atoms with Crippen molar-refractivity contribution >= 4 is 11.9 Å². The number of hydrogen-bond acceptors (Lipinski definition) is 3. The Morgan fingerprint density at radius 3 is 2.00 bits per heavy atom. The lowest BCUT2D eigenvalue weighted by atomic mass is 9.95. The molecule has 4 nitrogen and oxygen atoms in total. The van der Waals surface area contributed by atoms with Crippen LogP contribution in [0.4, 0.5) is 0 Å². The number of carbonyl (C=O) groups excluding carboxylic acids is 2. The fourth-order valence-electron chi connectivity index (χ4n) is 3.99. The first kappa shape index (κ1) is 18.9. The summed E-state index contributed by atoms with van der Waals surface area (Å²) >= 11 is 0. The van der Waals surface area contributed by atoms with E-state index >= 15 is 0 Å². The van der Waals surface area contributed by atoms with Crippen molar-refractivity contribution in [1.29, 1.82) is 0 Å². The molecule has 1 aliphatic carbocycles. The zero-order valence-corrected chi connectivity index (χ0v) is 16.5. The molecule has 0 aromatic heterocycles. The average molecular weight is 385 g/mol. The molecule has 1 aliphatic rings. The summed E-state index contributed by atoms with van der Waals surface area (Å²) in [6.45, 7) is 2.01. The number of aryl methyl sites for hydroxylation is 1. The van der Waals surface area contributed by atoms with Gasteiger partial charge in [0.15, 0.2) is 0 Å². The molecule has 0 aliphatic heterocycles. The summed E-state index contributed by atoms with van der Waals surface area (Å²) < 4.78 is 4.96. The van der Waals surface area contributed by atoms with Crippen molar-refractivity contribution in [2.24, 2.45) is 0 Å². The van der Waals surface area contributed by atoms with Gasteiger partial charge in [-0.05, 0) is 34.7 Å². The summed E-state index contributed by atoms with van der Waals surface area (Å²) in [5, 5.41) is 2.94. The van der Waals surface area contributed by atoms with E-state index in [1.54, 1.807) is 0 Å². The highest BCUT2D eigenvalue weighted by Crippen LogP contribution is 2.44. The molecule has 1 atom stereocenters. The Morgan fingerprint density at radius 1 is 0.897 bits per heavy atom. The predicted octanol–water partition coefficient (Wildman–Crippen LogP) is 4.01. The molecule has 0 saturated carbocycles. The van der Waals surface area contributed by atoms with E-state index in [2.05, 4.69) is 5.32 Å². The highest BCUT2D eigenvalue weighted by molar-refractivity contribution is 5.97. The molecule has 4 rings (SSSR count). The van der Waals surface area contributed by atoms with Crippen LogP contribution in [0.15, 0.2) is 72.8 Å². The van der Waals surface area contributed by atoms with Gasteiger partial charge in [0.1, 0.15) is 6.04 Å². The average Bonchev–Trinajstić information content (AvgIpc) is 3.09. The molecule has 0 unspecified atom stereocenters. The lowest BCUT2D eigenvalue weighted by Gasteiger charge is -2.20. The molecule has 0 spiro atoms. The second kappa shape index (κ2) is 7.92. The Morgan fingerprint density at radius 2 is 1.45 bits per heavy atom. The van der Waals surface area contributed by atoms with E-state index in [4.69, 9.17) is 4.74 Å². The third-order valence-electron chi connectivity index (χ3n) is 5.46. The minimum Gasteiger partial charge on any atom is -0.467 e. The number of ether oxygens (including phenoxy) is 1. The molecule has 1 N–H and O–H groups in total. The molecular formula is C25H23NO3. The van der Waals surface area contributed by atoms with Crippen molar-refractivity contribution in [3.05, 3.63) is 95.1 Å². The Hall–Kier alpha value is -3.40. The van der Waals surface area contributed by atoms with Gasteiger partial charge >= 0.3 is 5.97 Å². The van der Waals surface area contributed by atoms with Crippen LogP contribution < -0.4 is 5.32 Å². The van der Waals surface area contributed by atoms with E-state index in [1.807, 2.05) is 79.7 Å². The van der Waals surface area contributed by atoms with Crippen LogP contribution >= 0.6 is 0 Å². The molecule has 0 fully saturated rings. The number of amides is 1. The van der Waals surface area contributed by atoms with Crippen LogP contribution in [0.1, 0.15) is 28.2 Å². The predicted molar refractivity (Wildman–Crippen MR) is 113 cm³/mol. The van der Waals surface area contributed by atoms with Crippen LogP contribution in [0, 0.1) is 6.92 Å². The van der Waals surface area contributed by atoms with Crippen molar-refractivity contribution in [3.8, 4) is 11.1 Å². The number of methoxy groups -OCH3 is 1. The van der Waals surface area contributed by atoms with Crippen LogP contribution in [0.5, 0.6) is 0 Å². The Kier molecular flexibility index (Phi) is 5.17. The van der Waals surface area contributed by atoms with Crippen LogP contribution in [0.2, 0.25) is 0 Å². The van der Waals surface area contributed by atoms with Gasteiger partial charge in [0.2, 0.25) is 5.91 Å². The van der Waals surface area contributed by atoms with Gasteiger partial charge in [0.05, 0.1) is 13.0 Å². The normalized spacial score (nSPS) is 13.3. The lowest BCUT2D eigenvalue weighted by molar-refractivity contribution is -0.145. The van der Waals surface area contributed by atoms with Gasteiger partial charge in [-0.2, -0.15) is 0 Å². The van der Waals surface area contributed by atoms with Gasteiger partial charge in [-0.15, -0.1) is 0 Å². The zero-order valence-electron chi connectivity index (χ0n) is 16.5. The van der Waals surface area contributed by atoms with Crippen molar-refractivity contribution in [2.45, 2.75) is 25.3 Å². The standard InChI is InChI=1S/C25H23NO3/c1-16-11-13-17(14-12-16)15-22(25(28)29-2)26-24(27)23-20-9-5-3-7-18(20)19-8-4-6-10-21(19)23/h3-14,22-23H,15H2,1-2H3,(H,26,27)/t22-/m0/s1. The van der Waals surface area contributed by atoms with Crippen molar-refractivity contribution in [2.75, 3.05) is 7.11 Å². The summed E-state index contributed by atoms with van der Waals surface area (Å²) in [4.78, 5) is 25.7. The molecular weight excluding hydrogens is 362 g/mol. The van der Waals surface area contributed by atoms with Gasteiger partial charge < -0.3 is 10.1 Å². The molecule has 4 heteroatoms. The van der Waals surface area contributed by atoms with Crippen molar-refractivity contribution < 1.29 is 14.3 Å². The first-order valence-electron chi connectivity index (χ1n) is 9.70. The van der Waals surface area contributed by atoms with E-state index < -0.39 is 17.9 Å². The Balaban J connectivity index is 1.62. The molecule has 0 radical (unpaired) electrons. The fraction of sp³-hybridized carbons (Fsp3) is 0.200. The van der Waals surface area contributed by atoms with E-state index in [-0.39, 0.29) is 5.91 Å². The second-order valence-corrected chi connectivity index (χ2v) is 7.38. The highest BCUT2D eigenvalue weighted by atomic mass is 16.5. The maximum Gasteiger partial charge on any atom is 0.328 e. The number of rotatable bonds is 5. The number of hydrogen-bond donors (Lipinski definition) is 1. The quantitative estimate of drug-likeness (QED) is 0.675. The Bertz CT molecular complexity index is 1010. The maximum atomic E-state index is 13.3. The van der Waals surface area contributed by atoms with E-state index in [1.165, 1.54) is 7.11 Å². The summed E-state index contributed by atoms with van der Waals surface area (Å²) in [6.07, 6.45) is 0.384. The second-order valence-electron chi connectivity index (χ2n) is 7.38.